The molecule has 1 aromatic carbocycles. The Hall–Kier alpha value is -2.09. The molecule has 0 spiro atoms. The molecule has 164 valence electrons. The molecule has 1 fully saturated rings. The maximum Gasteiger partial charge on any atom is 0.274 e. The summed E-state index contributed by atoms with van der Waals surface area (Å²) < 4.78 is 43.1. The van der Waals surface area contributed by atoms with Crippen molar-refractivity contribution in [2.45, 2.75) is 38.1 Å². The molecule has 1 aliphatic carbocycles. The number of hydrogen-bond acceptors (Lipinski definition) is 7. The van der Waals surface area contributed by atoms with Gasteiger partial charge in [-0.1, -0.05) is 0 Å². The molecule has 0 radical (unpaired) electrons. The van der Waals surface area contributed by atoms with Crippen LogP contribution in [0.1, 0.15) is 37.8 Å². The topological polar surface area (TPSA) is 159 Å². The fourth-order valence-electron chi connectivity index (χ4n) is 3.44. The number of halogens is 2. The second-order valence-electron chi connectivity index (χ2n) is 7.19. The summed E-state index contributed by atoms with van der Waals surface area (Å²) in [6.45, 7) is 0.606. The van der Waals surface area contributed by atoms with Crippen molar-refractivity contribution < 1.29 is 17.4 Å². The Morgan fingerprint density at radius 3 is 2.70 bits per heavy atom. The van der Waals surface area contributed by atoms with Crippen molar-refractivity contribution in [1.82, 2.24) is 15.0 Å². The summed E-state index contributed by atoms with van der Waals surface area (Å²) >= 11 is 3.10. The average Bonchev–Trinajstić information content (AvgIpc) is 3.14. The number of hydrogen-bond donors (Lipinski definition) is 5. The van der Waals surface area contributed by atoms with Crippen LogP contribution in [-0.4, -0.2) is 37.2 Å². The number of nitrogens with zero attached hydrogens (tertiary/aromatic N) is 2. The molecule has 0 aliphatic heterocycles. The molecule has 1 aromatic heterocycles. The van der Waals surface area contributed by atoms with Crippen molar-refractivity contribution in [3.8, 4) is 0 Å². The van der Waals surface area contributed by atoms with Crippen molar-refractivity contribution >= 4 is 43.5 Å². The summed E-state index contributed by atoms with van der Waals surface area (Å²) in [4.78, 5) is 0. The molecular formula is C17H23BrFN7O3S. The minimum Gasteiger partial charge on any atom is -0.365 e. The summed E-state index contributed by atoms with van der Waals surface area (Å²) in [5.41, 5.74) is 0.739. The van der Waals surface area contributed by atoms with Gasteiger partial charge in [-0.25, -0.2) is 14.2 Å². The Bertz CT molecular complexity index is 993. The summed E-state index contributed by atoms with van der Waals surface area (Å²) in [6.07, 6.45) is 4.16. The maximum absolute atomic E-state index is 13.3. The van der Waals surface area contributed by atoms with Gasteiger partial charge in [0.25, 0.3) is 10.2 Å². The number of rotatable bonds is 8. The number of aromatic nitrogens is 2. The van der Waals surface area contributed by atoms with Gasteiger partial charge in [-0.15, -0.1) is 0 Å². The van der Waals surface area contributed by atoms with Crippen molar-refractivity contribution in [2.75, 3.05) is 17.2 Å². The van der Waals surface area contributed by atoms with Gasteiger partial charge in [0, 0.05) is 18.3 Å². The summed E-state index contributed by atoms with van der Waals surface area (Å²) in [5.74, 6) is 0.366. The number of amidine groups is 1. The Morgan fingerprint density at radius 1 is 1.30 bits per heavy atom. The second kappa shape index (κ2) is 9.81. The van der Waals surface area contributed by atoms with Crippen LogP contribution in [0.3, 0.4) is 0 Å². The van der Waals surface area contributed by atoms with Gasteiger partial charge >= 0.3 is 0 Å². The van der Waals surface area contributed by atoms with E-state index in [1.165, 1.54) is 18.2 Å². The van der Waals surface area contributed by atoms with E-state index in [0.717, 1.165) is 32.1 Å². The Labute approximate surface area is 182 Å². The lowest BCUT2D eigenvalue weighted by atomic mass is 9.84. The smallest absolute Gasteiger partial charge is 0.274 e. The van der Waals surface area contributed by atoms with Gasteiger partial charge in [-0.3, -0.25) is 5.41 Å². The van der Waals surface area contributed by atoms with E-state index in [0.29, 0.717) is 24.0 Å². The molecule has 30 heavy (non-hydrogen) atoms. The highest BCUT2D eigenvalue weighted by atomic mass is 79.9. The molecule has 0 amide bonds. The van der Waals surface area contributed by atoms with Gasteiger partial charge < -0.3 is 10.6 Å². The van der Waals surface area contributed by atoms with E-state index in [2.05, 4.69) is 41.6 Å². The van der Waals surface area contributed by atoms with Crippen LogP contribution in [0, 0.1) is 17.1 Å². The lowest BCUT2D eigenvalue weighted by Gasteiger charge is -2.28. The van der Waals surface area contributed by atoms with Crippen LogP contribution in [-0.2, 0) is 10.2 Å². The quantitative estimate of drug-likeness (QED) is 0.273. The van der Waals surface area contributed by atoms with Gasteiger partial charge in [0.1, 0.15) is 5.82 Å². The second-order valence-corrected chi connectivity index (χ2v) is 9.37. The summed E-state index contributed by atoms with van der Waals surface area (Å²) in [6, 6.07) is 4.21. The van der Waals surface area contributed by atoms with Crippen LogP contribution in [0.2, 0.25) is 0 Å². The standard InChI is InChI=1S/C17H23BrFN7O3S/c18-13-9-12(5-6-14(13)19)23-16(20)15-17(25-29-24-15)22-8-7-10-1-3-11(4-2-10)26-30(21,27)28/h5-6,9-11,26H,1-4,7-8H2,(H2,20,23)(H,22,25)(H2,21,27,28). The highest BCUT2D eigenvalue weighted by molar-refractivity contribution is 9.10. The summed E-state index contributed by atoms with van der Waals surface area (Å²) in [7, 11) is -3.66. The molecule has 1 saturated carbocycles. The van der Waals surface area contributed by atoms with E-state index < -0.39 is 16.0 Å². The van der Waals surface area contributed by atoms with Crippen molar-refractivity contribution in [3.63, 3.8) is 0 Å². The molecular weight excluding hydrogens is 481 g/mol. The molecule has 0 bridgehead atoms. The first-order valence-electron chi connectivity index (χ1n) is 9.38. The molecule has 0 unspecified atom stereocenters. The van der Waals surface area contributed by atoms with Crippen molar-refractivity contribution in [2.24, 2.45) is 11.1 Å². The van der Waals surface area contributed by atoms with Gasteiger partial charge in [0.2, 0.25) is 5.82 Å². The normalized spacial score (nSPS) is 19.4. The molecule has 1 heterocycles. The van der Waals surface area contributed by atoms with Gasteiger partial charge in [-0.05, 0) is 82.5 Å². The van der Waals surface area contributed by atoms with E-state index in [1.807, 2.05) is 0 Å². The Morgan fingerprint density at radius 2 is 2.03 bits per heavy atom. The average molecular weight is 504 g/mol. The van der Waals surface area contributed by atoms with Gasteiger partial charge in [-0.2, -0.15) is 13.1 Å². The highest BCUT2D eigenvalue weighted by Crippen LogP contribution is 2.27. The Balaban J connectivity index is 1.47. The summed E-state index contributed by atoms with van der Waals surface area (Å²) in [5, 5.41) is 26.7. The third-order valence-electron chi connectivity index (χ3n) is 4.94. The fourth-order valence-corrected chi connectivity index (χ4v) is 4.52. The van der Waals surface area contributed by atoms with Crippen molar-refractivity contribution in [1.29, 1.82) is 5.41 Å². The third kappa shape index (κ3) is 6.45. The SMILES string of the molecule is N=C(Nc1ccc(F)c(Br)c1)c1nonc1NCCC1CCC(NS(N)(=O)=O)CC1. The molecule has 6 N–H and O–H groups in total. The fraction of sp³-hybridized carbons (Fsp3) is 0.471. The molecule has 2 aromatic rings. The highest BCUT2D eigenvalue weighted by Gasteiger charge is 2.23. The monoisotopic (exact) mass is 503 g/mol. The van der Waals surface area contributed by atoms with E-state index in [4.69, 9.17) is 15.2 Å². The van der Waals surface area contributed by atoms with Crippen LogP contribution >= 0.6 is 15.9 Å². The molecule has 13 heteroatoms. The molecule has 10 nitrogen and oxygen atoms in total. The number of anilines is 2. The molecule has 0 atom stereocenters. The first-order chi connectivity index (χ1) is 14.2. The van der Waals surface area contributed by atoms with Crippen LogP contribution < -0.4 is 20.5 Å². The van der Waals surface area contributed by atoms with Crippen molar-refractivity contribution in [3.05, 3.63) is 34.2 Å². The number of nitrogens with two attached hydrogens (primary N) is 1. The van der Waals surface area contributed by atoms with E-state index >= 15 is 0 Å². The predicted octanol–water partition coefficient (Wildman–Crippen LogP) is 2.56. The van der Waals surface area contributed by atoms with Gasteiger partial charge in [0.05, 0.1) is 4.47 Å². The Kier molecular flexibility index (Phi) is 7.39. The zero-order valence-corrected chi connectivity index (χ0v) is 18.4. The maximum atomic E-state index is 13.3. The van der Waals surface area contributed by atoms with E-state index in [-0.39, 0.29) is 22.0 Å². The third-order valence-corrected chi connectivity index (χ3v) is 6.21. The zero-order valence-electron chi connectivity index (χ0n) is 16.0. The lowest BCUT2D eigenvalue weighted by Crippen LogP contribution is -2.41. The van der Waals surface area contributed by atoms with E-state index in [1.54, 1.807) is 0 Å². The minimum absolute atomic E-state index is 0.0353. The molecule has 0 saturated heterocycles. The van der Waals surface area contributed by atoms with Crippen LogP contribution in [0.25, 0.3) is 0 Å². The lowest BCUT2D eigenvalue weighted by molar-refractivity contribution is 0.301. The van der Waals surface area contributed by atoms with Gasteiger partial charge in [0.15, 0.2) is 11.5 Å². The van der Waals surface area contributed by atoms with Crippen LogP contribution in [0.15, 0.2) is 27.3 Å². The number of benzene rings is 1. The minimum atomic E-state index is -3.66. The largest absolute Gasteiger partial charge is 0.365 e. The van der Waals surface area contributed by atoms with Crippen LogP contribution in [0.5, 0.6) is 0 Å². The first kappa shape index (κ1) is 22.6. The van der Waals surface area contributed by atoms with Crippen LogP contribution in [0.4, 0.5) is 15.9 Å². The zero-order chi connectivity index (χ0) is 21.7. The van der Waals surface area contributed by atoms with E-state index in [9.17, 15) is 12.8 Å². The molecule has 3 rings (SSSR count). The predicted molar refractivity (Wildman–Crippen MR) is 114 cm³/mol. The first-order valence-corrected chi connectivity index (χ1v) is 11.7. The number of nitrogens with one attached hydrogen (secondary N) is 4. The molecule has 1 aliphatic rings.